The van der Waals surface area contributed by atoms with E-state index in [-0.39, 0.29) is 24.0 Å². The Balaban J connectivity index is 2.26. The minimum atomic E-state index is -3.53. The third-order valence-corrected chi connectivity index (χ3v) is 5.41. The highest BCUT2D eigenvalue weighted by molar-refractivity contribution is 7.89. The second-order valence-corrected chi connectivity index (χ2v) is 7.03. The maximum absolute atomic E-state index is 12.6. The molecule has 0 aromatic heterocycles. The fourth-order valence-corrected chi connectivity index (χ4v) is 4.03. The summed E-state index contributed by atoms with van der Waals surface area (Å²) in [7, 11) is -3.53. The van der Waals surface area contributed by atoms with Gasteiger partial charge in [0.25, 0.3) is 0 Å². The first-order chi connectivity index (χ1) is 10.1. The molecule has 1 saturated heterocycles. The van der Waals surface area contributed by atoms with Gasteiger partial charge in [0.1, 0.15) is 0 Å². The van der Waals surface area contributed by atoms with Crippen LogP contribution in [0.3, 0.4) is 0 Å². The number of aliphatic hydroxyl groups excluding tert-OH is 1. The zero-order valence-electron chi connectivity index (χ0n) is 11.8. The molecule has 21 heavy (non-hydrogen) atoms. The van der Waals surface area contributed by atoms with Gasteiger partial charge in [0.05, 0.1) is 11.4 Å². The van der Waals surface area contributed by atoms with E-state index in [0.29, 0.717) is 18.7 Å². The summed E-state index contributed by atoms with van der Waals surface area (Å²) < 4.78 is 26.7. The molecule has 1 heterocycles. The zero-order valence-corrected chi connectivity index (χ0v) is 12.6. The van der Waals surface area contributed by atoms with Crippen molar-refractivity contribution in [1.82, 2.24) is 4.31 Å². The van der Waals surface area contributed by atoms with Crippen molar-refractivity contribution in [3.8, 4) is 11.8 Å². The SMILES string of the molecule is NCC#Cc1cccc(S(=O)(=O)N2CCCC(CO)C2)c1. The lowest BCUT2D eigenvalue weighted by molar-refractivity contribution is 0.165. The van der Waals surface area contributed by atoms with Crippen molar-refractivity contribution in [2.75, 3.05) is 26.2 Å². The first-order valence-electron chi connectivity index (χ1n) is 6.98. The van der Waals surface area contributed by atoms with Crippen LogP contribution in [0.5, 0.6) is 0 Å². The average Bonchev–Trinajstić information content (AvgIpc) is 2.53. The maximum Gasteiger partial charge on any atom is 0.243 e. The number of hydrogen-bond donors (Lipinski definition) is 2. The minimum Gasteiger partial charge on any atom is -0.396 e. The van der Waals surface area contributed by atoms with Crippen LogP contribution in [-0.2, 0) is 10.0 Å². The van der Waals surface area contributed by atoms with Gasteiger partial charge < -0.3 is 10.8 Å². The maximum atomic E-state index is 12.6. The van der Waals surface area contributed by atoms with E-state index < -0.39 is 10.0 Å². The molecule has 1 aromatic rings. The van der Waals surface area contributed by atoms with Crippen LogP contribution in [0.4, 0.5) is 0 Å². The molecular formula is C15H20N2O3S. The zero-order chi connectivity index (χ0) is 15.3. The molecule has 2 rings (SSSR count). The average molecular weight is 308 g/mol. The molecular weight excluding hydrogens is 288 g/mol. The number of piperidine rings is 1. The Labute approximate surface area is 125 Å². The Morgan fingerprint density at radius 3 is 2.95 bits per heavy atom. The van der Waals surface area contributed by atoms with Crippen molar-refractivity contribution in [3.05, 3.63) is 29.8 Å². The number of nitrogens with two attached hydrogens (primary N) is 1. The highest BCUT2D eigenvalue weighted by Crippen LogP contribution is 2.23. The van der Waals surface area contributed by atoms with Crippen molar-refractivity contribution < 1.29 is 13.5 Å². The van der Waals surface area contributed by atoms with Gasteiger partial charge in [-0.05, 0) is 37.0 Å². The molecule has 3 N–H and O–H groups in total. The molecule has 0 saturated carbocycles. The summed E-state index contributed by atoms with van der Waals surface area (Å²) >= 11 is 0. The van der Waals surface area contributed by atoms with Crippen LogP contribution in [0.15, 0.2) is 29.2 Å². The Morgan fingerprint density at radius 2 is 2.24 bits per heavy atom. The third kappa shape index (κ3) is 3.83. The lowest BCUT2D eigenvalue weighted by atomic mass is 10.0. The van der Waals surface area contributed by atoms with Gasteiger partial charge in [-0.15, -0.1) is 0 Å². The van der Waals surface area contributed by atoms with Crippen molar-refractivity contribution in [3.63, 3.8) is 0 Å². The predicted molar refractivity (Wildman–Crippen MR) is 80.9 cm³/mol. The van der Waals surface area contributed by atoms with E-state index in [1.54, 1.807) is 24.3 Å². The normalized spacial score (nSPS) is 19.8. The van der Waals surface area contributed by atoms with Gasteiger partial charge >= 0.3 is 0 Å². The molecule has 0 spiro atoms. The van der Waals surface area contributed by atoms with Crippen LogP contribution >= 0.6 is 0 Å². The molecule has 6 heteroatoms. The minimum absolute atomic E-state index is 0.0219. The Bertz CT molecular complexity index is 646. The highest BCUT2D eigenvalue weighted by atomic mass is 32.2. The van der Waals surface area contributed by atoms with Gasteiger partial charge in [0.2, 0.25) is 10.0 Å². The lowest BCUT2D eigenvalue weighted by Gasteiger charge is -2.30. The summed E-state index contributed by atoms with van der Waals surface area (Å²) in [6.07, 6.45) is 1.64. The van der Waals surface area contributed by atoms with Crippen molar-refractivity contribution in [1.29, 1.82) is 0 Å². The molecule has 0 amide bonds. The van der Waals surface area contributed by atoms with Gasteiger partial charge in [-0.3, -0.25) is 0 Å². The first-order valence-corrected chi connectivity index (χ1v) is 8.42. The molecule has 1 aliphatic rings. The summed E-state index contributed by atoms with van der Waals surface area (Å²) in [6.45, 7) is 1.13. The Morgan fingerprint density at radius 1 is 1.43 bits per heavy atom. The largest absolute Gasteiger partial charge is 0.396 e. The number of benzene rings is 1. The number of hydrogen-bond acceptors (Lipinski definition) is 4. The van der Waals surface area contributed by atoms with E-state index >= 15 is 0 Å². The molecule has 0 aliphatic carbocycles. The summed E-state index contributed by atoms with van der Waals surface area (Å²) in [6, 6.07) is 6.58. The lowest BCUT2D eigenvalue weighted by Crippen LogP contribution is -2.40. The van der Waals surface area contributed by atoms with Crippen LogP contribution in [0.1, 0.15) is 18.4 Å². The second-order valence-electron chi connectivity index (χ2n) is 5.09. The monoisotopic (exact) mass is 308 g/mol. The fourth-order valence-electron chi connectivity index (χ4n) is 2.43. The van der Waals surface area contributed by atoms with Crippen LogP contribution in [0, 0.1) is 17.8 Å². The molecule has 1 fully saturated rings. The fraction of sp³-hybridized carbons (Fsp3) is 0.467. The standard InChI is InChI=1S/C15H20N2O3S/c16-8-2-5-13-4-1-7-15(10-13)21(19,20)17-9-3-6-14(11-17)12-18/h1,4,7,10,14,18H,3,6,8-9,11-12,16H2. The molecule has 5 nitrogen and oxygen atoms in total. The summed E-state index contributed by atoms with van der Waals surface area (Å²) in [4.78, 5) is 0.241. The van der Waals surface area contributed by atoms with Crippen LogP contribution in [0.25, 0.3) is 0 Å². The van der Waals surface area contributed by atoms with Gasteiger partial charge in [0.15, 0.2) is 0 Å². The molecule has 1 atom stereocenters. The van der Waals surface area contributed by atoms with E-state index in [9.17, 15) is 13.5 Å². The predicted octanol–water partition coefficient (Wildman–Crippen LogP) is 0.390. The number of sulfonamides is 1. The summed E-state index contributed by atoms with van der Waals surface area (Å²) in [5.41, 5.74) is 5.96. The van der Waals surface area contributed by atoms with E-state index in [0.717, 1.165) is 12.8 Å². The van der Waals surface area contributed by atoms with E-state index in [1.807, 2.05) is 0 Å². The van der Waals surface area contributed by atoms with E-state index in [2.05, 4.69) is 11.8 Å². The first kappa shape index (κ1) is 16.0. The quantitative estimate of drug-likeness (QED) is 0.791. The topological polar surface area (TPSA) is 83.6 Å². The van der Waals surface area contributed by atoms with Gasteiger partial charge in [-0.2, -0.15) is 4.31 Å². The van der Waals surface area contributed by atoms with Crippen LogP contribution in [0.2, 0.25) is 0 Å². The summed E-state index contributed by atoms with van der Waals surface area (Å²) in [5.74, 6) is 5.58. The van der Waals surface area contributed by atoms with E-state index in [4.69, 9.17) is 5.73 Å². The van der Waals surface area contributed by atoms with E-state index in [1.165, 1.54) is 4.31 Å². The van der Waals surface area contributed by atoms with Gasteiger partial charge in [-0.25, -0.2) is 8.42 Å². The number of nitrogens with zero attached hydrogens (tertiary/aromatic N) is 1. The molecule has 0 radical (unpaired) electrons. The smallest absolute Gasteiger partial charge is 0.243 e. The van der Waals surface area contributed by atoms with Gasteiger partial charge in [-0.1, -0.05) is 17.9 Å². The second kappa shape index (κ2) is 7.05. The van der Waals surface area contributed by atoms with Crippen molar-refractivity contribution in [2.45, 2.75) is 17.7 Å². The van der Waals surface area contributed by atoms with Crippen LogP contribution in [-0.4, -0.2) is 44.1 Å². The molecule has 1 aliphatic heterocycles. The highest BCUT2D eigenvalue weighted by Gasteiger charge is 2.29. The number of rotatable bonds is 3. The van der Waals surface area contributed by atoms with Crippen molar-refractivity contribution >= 4 is 10.0 Å². The third-order valence-electron chi connectivity index (χ3n) is 3.55. The van der Waals surface area contributed by atoms with Crippen LogP contribution < -0.4 is 5.73 Å². The molecule has 0 bridgehead atoms. The molecule has 1 aromatic carbocycles. The molecule has 1 unspecified atom stereocenters. The summed E-state index contributed by atoms with van der Waals surface area (Å²) in [5, 5.41) is 9.23. The Kier molecular flexibility index (Phi) is 5.37. The Hall–Kier alpha value is -1.39. The van der Waals surface area contributed by atoms with Gasteiger partial charge in [0, 0.05) is 25.3 Å². The number of aliphatic hydroxyl groups is 1. The molecule has 114 valence electrons. The van der Waals surface area contributed by atoms with Crippen molar-refractivity contribution in [2.24, 2.45) is 11.7 Å².